The van der Waals surface area contributed by atoms with Crippen molar-refractivity contribution in [1.29, 1.82) is 0 Å². The van der Waals surface area contributed by atoms with E-state index in [-0.39, 0.29) is 30.6 Å². The molecule has 0 saturated carbocycles. The number of thiol groups is 1. The van der Waals surface area contributed by atoms with Gasteiger partial charge in [-0.3, -0.25) is 19.4 Å². The molecule has 12 nitrogen and oxygen atoms in total. The molecule has 13 heteroatoms. The molecule has 0 aromatic carbocycles. The first-order valence-electron chi connectivity index (χ1n) is 9.55. The Morgan fingerprint density at radius 3 is 2.23 bits per heavy atom. The van der Waals surface area contributed by atoms with E-state index in [1.165, 1.54) is 0 Å². The largest absolute Gasteiger partial charge is 0.480 e. The number of rotatable bonds is 14. The summed E-state index contributed by atoms with van der Waals surface area (Å²) in [5.74, 6) is -3.23. The molecule has 0 radical (unpaired) electrons. The predicted molar refractivity (Wildman–Crippen MR) is 116 cm³/mol. The highest BCUT2D eigenvalue weighted by molar-refractivity contribution is 7.80. The maximum absolute atomic E-state index is 12.2. The number of hydrogen-bond acceptors (Lipinski definition) is 7. The van der Waals surface area contributed by atoms with E-state index >= 15 is 0 Å². The Morgan fingerprint density at radius 2 is 1.73 bits per heavy atom. The number of carbonyl (C=O) groups excluding carboxylic acids is 3. The number of nitrogens with zero attached hydrogens (tertiary/aromatic N) is 1. The fraction of sp³-hybridized carbons (Fsp3) is 0.706. The van der Waals surface area contributed by atoms with Crippen molar-refractivity contribution in [3.63, 3.8) is 0 Å². The molecule has 0 saturated heterocycles. The molecule has 0 aromatic heterocycles. The third kappa shape index (κ3) is 10.9. The second-order valence-electron chi connectivity index (χ2n) is 6.78. The van der Waals surface area contributed by atoms with Crippen LogP contribution in [-0.4, -0.2) is 71.7 Å². The molecule has 10 N–H and O–H groups in total. The Bertz CT molecular complexity index is 628. The highest BCUT2D eigenvalue weighted by atomic mass is 32.1. The SMILES string of the molecule is CCC(C)C(N)C(=O)NC(CS)C(=O)NCC(=O)NC(CCCN=C(N)N)C(=O)O. The average Bonchev–Trinajstić information content (AvgIpc) is 2.70. The Labute approximate surface area is 181 Å². The van der Waals surface area contributed by atoms with Crippen molar-refractivity contribution in [2.45, 2.75) is 51.2 Å². The molecular weight excluding hydrogens is 414 g/mol. The Kier molecular flexibility index (Phi) is 13.2. The van der Waals surface area contributed by atoms with Crippen molar-refractivity contribution >= 4 is 42.3 Å². The predicted octanol–water partition coefficient (Wildman–Crippen LogP) is -2.49. The van der Waals surface area contributed by atoms with Crippen LogP contribution in [-0.2, 0) is 19.2 Å². The third-order valence-electron chi connectivity index (χ3n) is 4.38. The molecule has 0 aliphatic heterocycles. The van der Waals surface area contributed by atoms with E-state index in [2.05, 4.69) is 33.6 Å². The quantitative estimate of drug-likeness (QED) is 0.0615. The summed E-state index contributed by atoms with van der Waals surface area (Å²) >= 11 is 4.04. The lowest BCUT2D eigenvalue weighted by molar-refractivity contribution is -0.142. The van der Waals surface area contributed by atoms with Crippen molar-refractivity contribution in [1.82, 2.24) is 16.0 Å². The molecule has 172 valence electrons. The molecule has 0 spiro atoms. The zero-order valence-electron chi connectivity index (χ0n) is 17.3. The van der Waals surface area contributed by atoms with Gasteiger partial charge >= 0.3 is 5.97 Å². The fourth-order valence-corrected chi connectivity index (χ4v) is 2.53. The van der Waals surface area contributed by atoms with Crippen LogP contribution >= 0.6 is 12.6 Å². The van der Waals surface area contributed by atoms with E-state index in [0.717, 1.165) is 0 Å². The number of guanidine groups is 1. The number of nitrogens with two attached hydrogens (primary N) is 3. The summed E-state index contributed by atoms with van der Waals surface area (Å²) in [5, 5.41) is 16.3. The molecule has 30 heavy (non-hydrogen) atoms. The van der Waals surface area contributed by atoms with E-state index in [9.17, 15) is 24.3 Å². The van der Waals surface area contributed by atoms with E-state index < -0.39 is 48.4 Å². The van der Waals surface area contributed by atoms with Gasteiger partial charge in [0.2, 0.25) is 17.7 Å². The van der Waals surface area contributed by atoms with Crippen LogP contribution in [0.3, 0.4) is 0 Å². The summed E-state index contributed by atoms with van der Waals surface area (Å²) in [6.45, 7) is 3.47. The van der Waals surface area contributed by atoms with Gasteiger partial charge in [0.1, 0.15) is 12.1 Å². The van der Waals surface area contributed by atoms with Gasteiger partial charge in [-0.05, 0) is 18.8 Å². The topological polar surface area (TPSA) is 215 Å². The molecule has 0 bridgehead atoms. The van der Waals surface area contributed by atoms with Crippen LogP contribution < -0.4 is 33.2 Å². The van der Waals surface area contributed by atoms with Gasteiger partial charge in [-0.15, -0.1) is 0 Å². The first kappa shape index (κ1) is 27.5. The zero-order chi connectivity index (χ0) is 23.3. The Hall–Kier alpha value is -2.54. The summed E-state index contributed by atoms with van der Waals surface area (Å²) in [7, 11) is 0. The number of carboxylic acids is 1. The van der Waals surface area contributed by atoms with E-state index in [1.54, 1.807) is 0 Å². The monoisotopic (exact) mass is 447 g/mol. The molecular formula is C17H33N7O5S. The van der Waals surface area contributed by atoms with Crippen LogP contribution in [0.5, 0.6) is 0 Å². The Balaban J connectivity index is 4.59. The zero-order valence-corrected chi connectivity index (χ0v) is 18.2. The maximum Gasteiger partial charge on any atom is 0.326 e. The van der Waals surface area contributed by atoms with Crippen molar-refractivity contribution in [3.8, 4) is 0 Å². The van der Waals surface area contributed by atoms with Gasteiger partial charge in [-0.1, -0.05) is 20.3 Å². The normalized spacial score (nSPS) is 14.5. The lowest BCUT2D eigenvalue weighted by atomic mass is 9.99. The summed E-state index contributed by atoms with van der Waals surface area (Å²) in [6, 6.07) is -2.92. The molecule has 4 unspecified atom stereocenters. The number of amides is 3. The van der Waals surface area contributed by atoms with Gasteiger partial charge in [0.15, 0.2) is 5.96 Å². The minimum atomic E-state index is -1.22. The molecule has 0 rings (SSSR count). The summed E-state index contributed by atoms with van der Waals surface area (Å²) < 4.78 is 0. The molecule has 0 aromatic rings. The number of carboxylic acid groups (broad SMARTS) is 1. The second-order valence-corrected chi connectivity index (χ2v) is 7.15. The lowest BCUT2D eigenvalue weighted by Gasteiger charge is -2.22. The van der Waals surface area contributed by atoms with Gasteiger partial charge in [0.25, 0.3) is 0 Å². The number of aliphatic imine (C=N–C) groups is 1. The van der Waals surface area contributed by atoms with Gasteiger partial charge in [0, 0.05) is 12.3 Å². The van der Waals surface area contributed by atoms with E-state index in [4.69, 9.17) is 17.2 Å². The van der Waals surface area contributed by atoms with E-state index in [0.29, 0.717) is 12.8 Å². The van der Waals surface area contributed by atoms with Gasteiger partial charge in [-0.2, -0.15) is 12.6 Å². The van der Waals surface area contributed by atoms with E-state index in [1.807, 2.05) is 13.8 Å². The first-order valence-corrected chi connectivity index (χ1v) is 10.2. The highest BCUT2D eigenvalue weighted by Crippen LogP contribution is 2.05. The van der Waals surface area contributed by atoms with Crippen LogP contribution in [0.15, 0.2) is 4.99 Å². The van der Waals surface area contributed by atoms with Crippen LogP contribution in [0.1, 0.15) is 33.1 Å². The molecule has 4 atom stereocenters. The molecule has 0 heterocycles. The van der Waals surface area contributed by atoms with Crippen molar-refractivity contribution < 1.29 is 24.3 Å². The molecule has 3 amide bonds. The van der Waals surface area contributed by atoms with Crippen LogP contribution in [0.2, 0.25) is 0 Å². The van der Waals surface area contributed by atoms with Crippen molar-refractivity contribution in [2.24, 2.45) is 28.1 Å². The first-order chi connectivity index (χ1) is 14.0. The summed E-state index contributed by atoms with van der Waals surface area (Å²) in [5.41, 5.74) is 16.2. The van der Waals surface area contributed by atoms with Crippen LogP contribution in [0, 0.1) is 5.92 Å². The van der Waals surface area contributed by atoms with Crippen LogP contribution in [0.4, 0.5) is 0 Å². The number of hydrogen-bond donors (Lipinski definition) is 8. The lowest BCUT2D eigenvalue weighted by Crippen LogP contribution is -2.55. The molecule has 0 fully saturated rings. The summed E-state index contributed by atoms with van der Waals surface area (Å²) in [6.07, 6.45) is 1.14. The molecule has 0 aliphatic carbocycles. The average molecular weight is 448 g/mol. The minimum absolute atomic E-state index is 0.00500. The van der Waals surface area contributed by atoms with Crippen molar-refractivity contribution in [3.05, 3.63) is 0 Å². The van der Waals surface area contributed by atoms with Gasteiger partial charge in [0.05, 0.1) is 12.6 Å². The van der Waals surface area contributed by atoms with Crippen molar-refractivity contribution in [2.75, 3.05) is 18.8 Å². The number of carbonyl (C=O) groups is 4. The smallest absolute Gasteiger partial charge is 0.326 e. The number of nitrogens with one attached hydrogen (secondary N) is 3. The molecule has 0 aliphatic rings. The highest BCUT2D eigenvalue weighted by Gasteiger charge is 2.26. The summed E-state index contributed by atoms with van der Waals surface area (Å²) in [4.78, 5) is 51.3. The minimum Gasteiger partial charge on any atom is -0.480 e. The Morgan fingerprint density at radius 1 is 1.10 bits per heavy atom. The van der Waals surface area contributed by atoms with Gasteiger partial charge in [-0.25, -0.2) is 4.79 Å². The van der Waals surface area contributed by atoms with Crippen LogP contribution in [0.25, 0.3) is 0 Å². The maximum atomic E-state index is 12.2. The number of aliphatic carboxylic acids is 1. The fourth-order valence-electron chi connectivity index (χ4n) is 2.27. The standard InChI is InChI=1S/C17H33N7O5S/c1-3-9(2)13(18)15(27)24-11(8-30)14(26)22-7-12(25)23-10(16(28)29)5-4-6-21-17(19)20/h9-11,13,30H,3-8,18H2,1-2H3,(H,22,26)(H,23,25)(H,24,27)(H,28,29)(H4,19,20,21). The van der Waals surface area contributed by atoms with Gasteiger partial charge < -0.3 is 38.3 Å². The third-order valence-corrected chi connectivity index (χ3v) is 4.74. The second kappa shape index (κ2) is 14.4.